The first-order valence-electron chi connectivity index (χ1n) is 12.9. The minimum Gasteiger partial charge on any atom is -0.309 e. The fraction of sp³-hybridized carbons (Fsp3) is 0.167. The molecule has 0 spiro atoms. The van der Waals surface area contributed by atoms with Crippen LogP contribution in [0.4, 0.5) is 0 Å². The first-order chi connectivity index (χ1) is 17.8. The van der Waals surface area contributed by atoms with Gasteiger partial charge in [0.15, 0.2) is 0 Å². The molecule has 0 radical (unpaired) electrons. The van der Waals surface area contributed by atoms with Crippen LogP contribution in [0.5, 0.6) is 0 Å². The molecule has 0 atom stereocenters. The molecule has 1 aromatic heterocycles. The van der Waals surface area contributed by atoms with E-state index in [1.165, 1.54) is 66.4 Å². The average molecular weight is 484 g/mol. The number of nitrogens with zero attached hydrogens (tertiary/aromatic N) is 1. The summed E-state index contributed by atoms with van der Waals surface area (Å²) >= 11 is 0. The Kier molecular flexibility index (Phi) is 7.64. The van der Waals surface area contributed by atoms with E-state index >= 15 is 0 Å². The Balaban J connectivity index is 0.000000586. The molecule has 0 amide bonds. The first kappa shape index (κ1) is 26.0. The van der Waals surface area contributed by atoms with E-state index in [0.29, 0.717) is 0 Å². The van der Waals surface area contributed by atoms with Gasteiger partial charge in [0.05, 0.1) is 11.0 Å². The van der Waals surface area contributed by atoms with Crippen LogP contribution in [0.3, 0.4) is 0 Å². The maximum absolute atomic E-state index is 4.11. The van der Waals surface area contributed by atoms with Gasteiger partial charge in [-0.3, -0.25) is 0 Å². The van der Waals surface area contributed by atoms with Crippen molar-refractivity contribution in [3.05, 3.63) is 132 Å². The lowest BCUT2D eigenvalue weighted by molar-refractivity contribution is 1.15. The first-order valence-corrected chi connectivity index (χ1v) is 12.9. The number of benzene rings is 4. The molecule has 1 nitrogen and oxygen atoms in total. The van der Waals surface area contributed by atoms with Crippen LogP contribution in [0.25, 0.3) is 44.2 Å². The highest BCUT2D eigenvalue weighted by atomic mass is 15.0. The lowest BCUT2D eigenvalue weighted by Crippen LogP contribution is -1.98. The van der Waals surface area contributed by atoms with Crippen LogP contribution in [0, 0.1) is 27.7 Å². The monoisotopic (exact) mass is 483 g/mol. The number of allylic oxidation sites excluding steroid dienone is 4. The lowest BCUT2D eigenvalue weighted by Gasteiger charge is -2.14. The van der Waals surface area contributed by atoms with Crippen molar-refractivity contribution >= 4 is 27.4 Å². The number of hydrogen-bond acceptors (Lipinski definition) is 0. The summed E-state index contributed by atoms with van der Waals surface area (Å²) in [6.45, 7) is 20.4. The van der Waals surface area contributed by atoms with Gasteiger partial charge in [-0.05, 0) is 105 Å². The zero-order valence-corrected chi connectivity index (χ0v) is 23.0. The van der Waals surface area contributed by atoms with Crippen molar-refractivity contribution in [2.24, 2.45) is 0 Å². The maximum Gasteiger partial charge on any atom is 0.0541 e. The number of hydrogen-bond donors (Lipinski definition) is 0. The Morgan fingerprint density at radius 3 is 2.03 bits per heavy atom. The Bertz CT molecular complexity index is 1630. The number of para-hydroxylation sites is 1. The molecule has 0 fully saturated rings. The quantitative estimate of drug-likeness (QED) is 0.224. The summed E-state index contributed by atoms with van der Waals surface area (Å²) in [6.07, 6.45) is 5.58. The molecule has 37 heavy (non-hydrogen) atoms. The largest absolute Gasteiger partial charge is 0.309 e. The van der Waals surface area contributed by atoms with E-state index < -0.39 is 0 Å². The van der Waals surface area contributed by atoms with Crippen molar-refractivity contribution < 1.29 is 0 Å². The van der Waals surface area contributed by atoms with Crippen LogP contribution >= 0.6 is 0 Å². The third kappa shape index (κ3) is 5.08. The minimum absolute atomic E-state index is 1.09. The molecule has 0 aliphatic rings. The zero-order valence-electron chi connectivity index (χ0n) is 23.0. The maximum atomic E-state index is 4.11. The molecule has 1 heterocycles. The van der Waals surface area contributed by atoms with Crippen LogP contribution in [-0.2, 0) is 0 Å². The lowest BCUT2D eigenvalue weighted by atomic mass is 9.93. The number of aromatic nitrogens is 1. The van der Waals surface area contributed by atoms with Gasteiger partial charge >= 0.3 is 0 Å². The Morgan fingerprint density at radius 1 is 0.757 bits per heavy atom. The highest BCUT2D eigenvalue weighted by Crippen LogP contribution is 2.37. The van der Waals surface area contributed by atoms with Crippen molar-refractivity contribution in [3.63, 3.8) is 0 Å². The summed E-state index contributed by atoms with van der Waals surface area (Å²) in [6, 6.07) is 26.9. The number of aryl methyl sites for hydroxylation is 4. The van der Waals surface area contributed by atoms with Gasteiger partial charge in [-0.2, -0.15) is 0 Å². The van der Waals surface area contributed by atoms with E-state index in [0.717, 1.165) is 5.57 Å². The van der Waals surface area contributed by atoms with E-state index in [-0.39, 0.29) is 0 Å². The van der Waals surface area contributed by atoms with Gasteiger partial charge in [-0.1, -0.05) is 85.0 Å². The third-order valence-electron chi connectivity index (χ3n) is 6.90. The van der Waals surface area contributed by atoms with Crippen molar-refractivity contribution in [3.8, 4) is 16.8 Å². The molecule has 1 heteroatoms. The van der Waals surface area contributed by atoms with E-state index in [2.05, 4.69) is 125 Å². The molecule has 0 saturated heterocycles. The summed E-state index contributed by atoms with van der Waals surface area (Å²) in [5, 5.41) is 2.58. The molecule has 0 aliphatic carbocycles. The second-order valence-electron chi connectivity index (χ2n) is 9.90. The van der Waals surface area contributed by atoms with Crippen molar-refractivity contribution in [1.29, 1.82) is 0 Å². The predicted octanol–water partition coefficient (Wildman–Crippen LogP) is 10.5. The van der Waals surface area contributed by atoms with Crippen molar-refractivity contribution in [1.82, 2.24) is 4.57 Å². The van der Waals surface area contributed by atoms with Gasteiger partial charge < -0.3 is 4.57 Å². The average Bonchev–Trinajstić information content (AvgIpc) is 3.18. The van der Waals surface area contributed by atoms with Crippen LogP contribution < -0.4 is 0 Å². The number of rotatable bonds is 4. The molecule has 5 rings (SSSR count). The minimum atomic E-state index is 1.09. The molecular weight excluding hydrogens is 446 g/mol. The molecule has 0 bridgehead atoms. The molecule has 186 valence electrons. The fourth-order valence-electron chi connectivity index (χ4n) is 5.33. The van der Waals surface area contributed by atoms with Gasteiger partial charge in [0, 0.05) is 16.5 Å². The second-order valence-corrected chi connectivity index (χ2v) is 9.90. The van der Waals surface area contributed by atoms with Crippen molar-refractivity contribution in [2.75, 3.05) is 0 Å². The molecule has 5 aromatic rings. The summed E-state index contributed by atoms with van der Waals surface area (Å²) in [4.78, 5) is 0. The highest BCUT2D eigenvalue weighted by molar-refractivity contribution is 6.10. The molecular formula is C36H37N. The molecule has 0 N–H and O–H groups in total. The van der Waals surface area contributed by atoms with E-state index in [9.17, 15) is 0 Å². The van der Waals surface area contributed by atoms with Crippen LogP contribution in [-0.4, -0.2) is 4.57 Å². The zero-order chi connectivity index (χ0) is 26.7. The molecule has 0 unspecified atom stereocenters. The summed E-state index contributed by atoms with van der Waals surface area (Å²) in [7, 11) is 0. The Morgan fingerprint density at radius 2 is 1.43 bits per heavy atom. The van der Waals surface area contributed by atoms with Gasteiger partial charge in [-0.15, -0.1) is 0 Å². The number of fused-ring (bicyclic) bond motifs is 3. The second kappa shape index (κ2) is 10.9. The van der Waals surface area contributed by atoms with E-state index in [1.54, 1.807) is 6.08 Å². The Hall–Kier alpha value is -4.10. The standard InChI is InChI=1S/C31H29N.C5H8/c1-19(2)24-11-13-28(21(4)17-24)32-29-10-8-7-9-26(29)27-18-25(12-14-30(27)32)31-22(5)15-20(3)16-23(31)6;1-3-5-4-2/h7-18H,1H2,2-6H3;3-5H,1H2,2H3/b;5-4-. The fourth-order valence-corrected chi connectivity index (χ4v) is 5.33. The van der Waals surface area contributed by atoms with Gasteiger partial charge in [0.2, 0.25) is 0 Å². The van der Waals surface area contributed by atoms with E-state index in [4.69, 9.17) is 0 Å². The highest BCUT2D eigenvalue weighted by Gasteiger charge is 2.16. The predicted molar refractivity (Wildman–Crippen MR) is 165 cm³/mol. The normalized spacial score (nSPS) is 11.1. The van der Waals surface area contributed by atoms with Crippen molar-refractivity contribution in [2.45, 2.75) is 41.5 Å². The summed E-state index contributed by atoms with van der Waals surface area (Å²) in [5.41, 5.74) is 13.8. The van der Waals surface area contributed by atoms with E-state index in [1.807, 2.05) is 19.1 Å². The van der Waals surface area contributed by atoms with Crippen LogP contribution in [0.1, 0.15) is 41.7 Å². The molecule has 0 saturated carbocycles. The van der Waals surface area contributed by atoms with Gasteiger partial charge in [0.25, 0.3) is 0 Å². The summed E-state index contributed by atoms with van der Waals surface area (Å²) in [5.74, 6) is 0. The van der Waals surface area contributed by atoms with Gasteiger partial charge in [0.1, 0.15) is 0 Å². The van der Waals surface area contributed by atoms with Gasteiger partial charge in [-0.25, -0.2) is 0 Å². The Labute approximate surface area is 222 Å². The third-order valence-corrected chi connectivity index (χ3v) is 6.90. The molecule has 0 aliphatic heterocycles. The van der Waals surface area contributed by atoms with Crippen LogP contribution in [0.15, 0.2) is 104 Å². The topological polar surface area (TPSA) is 4.93 Å². The molecule has 4 aromatic carbocycles. The smallest absolute Gasteiger partial charge is 0.0541 e. The summed E-state index contributed by atoms with van der Waals surface area (Å²) < 4.78 is 2.40. The SMILES string of the molecule is C=C(C)c1ccc(-n2c3ccccc3c3cc(-c4c(C)cc(C)cc4C)ccc32)c(C)c1.C=C/C=C\C. The van der Waals surface area contributed by atoms with Crippen LogP contribution in [0.2, 0.25) is 0 Å².